The highest BCUT2D eigenvalue weighted by Crippen LogP contribution is 2.21. The van der Waals surface area contributed by atoms with Gasteiger partial charge in [0.2, 0.25) is 0 Å². The molecule has 1 unspecified atom stereocenters. The SMILES string of the molecule is COc1ccc(NC(=O)NC(CO)c2ccccc2)c(C)c1. The van der Waals surface area contributed by atoms with Crippen LogP contribution in [0.1, 0.15) is 17.2 Å². The summed E-state index contributed by atoms with van der Waals surface area (Å²) in [5.74, 6) is 0.737. The van der Waals surface area contributed by atoms with Crippen molar-refractivity contribution in [1.82, 2.24) is 5.32 Å². The van der Waals surface area contributed by atoms with E-state index in [0.29, 0.717) is 5.69 Å². The molecule has 0 heterocycles. The van der Waals surface area contributed by atoms with Crippen LogP contribution in [0.25, 0.3) is 0 Å². The molecule has 5 heteroatoms. The molecular formula is C17H20N2O3. The summed E-state index contributed by atoms with van der Waals surface area (Å²) in [5.41, 5.74) is 2.45. The Labute approximate surface area is 129 Å². The van der Waals surface area contributed by atoms with Crippen molar-refractivity contribution in [2.24, 2.45) is 0 Å². The molecule has 2 rings (SSSR count). The second-order valence-electron chi connectivity index (χ2n) is 4.93. The normalized spacial score (nSPS) is 11.6. The number of methoxy groups -OCH3 is 1. The van der Waals surface area contributed by atoms with Crippen LogP contribution in [-0.2, 0) is 0 Å². The van der Waals surface area contributed by atoms with E-state index in [1.165, 1.54) is 0 Å². The molecule has 0 aliphatic rings. The Morgan fingerprint density at radius 3 is 2.55 bits per heavy atom. The molecule has 2 aromatic rings. The van der Waals surface area contributed by atoms with Gasteiger partial charge in [0, 0.05) is 5.69 Å². The zero-order valence-electron chi connectivity index (χ0n) is 12.7. The molecule has 22 heavy (non-hydrogen) atoms. The van der Waals surface area contributed by atoms with Crippen LogP contribution < -0.4 is 15.4 Å². The monoisotopic (exact) mass is 300 g/mol. The van der Waals surface area contributed by atoms with Gasteiger partial charge in [-0.3, -0.25) is 0 Å². The fourth-order valence-corrected chi connectivity index (χ4v) is 2.14. The number of aryl methyl sites for hydroxylation is 1. The summed E-state index contributed by atoms with van der Waals surface area (Å²) >= 11 is 0. The zero-order chi connectivity index (χ0) is 15.9. The molecule has 116 valence electrons. The molecule has 0 bridgehead atoms. The first kappa shape index (κ1) is 15.9. The number of anilines is 1. The van der Waals surface area contributed by atoms with Crippen LogP contribution in [0.5, 0.6) is 5.75 Å². The van der Waals surface area contributed by atoms with Crippen molar-refractivity contribution in [2.45, 2.75) is 13.0 Å². The van der Waals surface area contributed by atoms with Gasteiger partial charge in [-0.05, 0) is 36.2 Å². The summed E-state index contributed by atoms with van der Waals surface area (Å²) in [6.45, 7) is 1.72. The Bertz CT molecular complexity index is 629. The minimum Gasteiger partial charge on any atom is -0.497 e. The molecule has 2 amide bonds. The molecule has 0 radical (unpaired) electrons. The summed E-state index contributed by atoms with van der Waals surface area (Å²) in [6.07, 6.45) is 0. The fraction of sp³-hybridized carbons (Fsp3) is 0.235. The number of nitrogens with one attached hydrogen (secondary N) is 2. The van der Waals surface area contributed by atoms with Crippen molar-refractivity contribution in [1.29, 1.82) is 0 Å². The number of carbonyl (C=O) groups excluding carboxylic acids is 1. The molecule has 0 aromatic heterocycles. The van der Waals surface area contributed by atoms with Crippen molar-refractivity contribution >= 4 is 11.7 Å². The molecule has 5 nitrogen and oxygen atoms in total. The van der Waals surface area contributed by atoms with E-state index in [1.54, 1.807) is 19.2 Å². The number of aliphatic hydroxyl groups is 1. The standard InChI is InChI=1S/C17H20N2O3/c1-12-10-14(22-2)8-9-15(12)18-17(21)19-16(11-20)13-6-4-3-5-7-13/h3-10,16,20H,11H2,1-2H3,(H2,18,19,21). The van der Waals surface area contributed by atoms with Crippen LogP contribution >= 0.6 is 0 Å². The average Bonchev–Trinajstić information content (AvgIpc) is 2.55. The Hall–Kier alpha value is -2.53. The quantitative estimate of drug-likeness (QED) is 0.795. The molecule has 0 fully saturated rings. The van der Waals surface area contributed by atoms with E-state index in [0.717, 1.165) is 16.9 Å². The predicted molar refractivity (Wildman–Crippen MR) is 86.2 cm³/mol. The number of hydrogen-bond acceptors (Lipinski definition) is 3. The highest BCUT2D eigenvalue weighted by Gasteiger charge is 2.14. The number of hydrogen-bond donors (Lipinski definition) is 3. The minimum atomic E-state index is -0.445. The summed E-state index contributed by atoms with van der Waals surface area (Å²) < 4.78 is 5.13. The van der Waals surface area contributed by atoms with Gasteiger partial charge in [-0.25, -0.2) is 4.79 Å². The number of rotatable bonds is 5. The van der Waals surface area contributed by atoms with Crippen molar-refractivity contribution in [3.63, 3.8) is 0 Å². The van der Waals surface area contributed by atoms with E-state index < -0.39 is 6.04 Å². The van der Waals surface area contributed by atoms with E-state index in [-0.39, 0.29) is 12.6 Å². The number of aliphatic hydroxyl groups excluding tert-OH is 1. The van der Waals surface area contributed by atoms with Crippen LogP contribution in [0.2, 0.25) is 0 Å². The Morgan fingerprint density at radius 1 is 1.23 bits per heavy atom. The van der Waals surface area contributed by atoms with Crippen LogP contribution in [0.15, 0.2) is 48.5 Å². The van der Waals surface area contributed by atoms with Gasteiger partial charge in [0.05, 0.1) is 19.8 Å². The number of benzene rings is 2. The molecule has 0 saturated heterocycles. The lowest BCUT2D eigenvalue weighted by molar-refractivity contribution is 0.225. The Morgan fingerprint density at radius 2 is 1.95 bits per heavy atom. The van der Waals surface area contributed by atoms with Crippen molar-refractivity contribution in [3.8, 4) is 5.75 Å². The molecule has 0 saturated carbocycles. The number of urea groups is 1. The van der Waals surface area contributed by atoms with Gasteiger partial charge in [0.15, 0.2) is 0 Å². The van der Waals surface area contributed by atoms with Crippen molar-refractivity contribution < 1.29 is 14.6 Å². The van der Waals surface area contributed by atoms with Crippen molar-refractivity contribution in [3.05, 3.63) is 59.7 Å². The van der Waals surface area contributed by atoms with Crippen LogP contribution in [0, 0.1) is 6.92 Å². The largest absolute Gasteiger partial charge is 0.497 e. The molecule has 1 atom stereocenters. The molecule has 3 N–H and O–H groups in total. The maximum absolute atomic E-state index is 12.1. The molecule has 0 spiro atoms. The third-order valence-corrected chi connectivity index (χ3v) is 3.37. The zero-order valence-corrected chi connectivity index (χ0v) is 12.7. The van der Waals surface area contributed by atoms with Crippen LogP contribution in [-0.4, -0.2) is 24.9 Å². The first-order valence-electron chi connectivity index (χ1n) is 7.02. The van der Waals surface area contributed by atoms with Crippen molar-refractivity contribution in [2.75, 3.05) is 19.0 Å². The highest BCUT2D eigenvalue weighted by atomic mass is 16.5. The van der Waals surface area contributed by atoms with E-state index in [9.17, 15) is 9.90 Å². The maximum atomic E-state index is 12.1. The first-order valence-corrected chi connectivity index (χ1v) is 7.02. The van der Waals surface area contributed by atoms with E-state index in [2.05, 4.69) is 10.6 Å². The summed E-state index contributed by atoms with van der Waals surface area (Å²) in [7, 11) is 1.60. The van der Waals surface area contributed by atoms with Gasteiger partial charge in [-0.15, -0.1) is 0 Å². The van der Waals surface area contributed by atoms with Crippen LogP contribution in [0.3, 0.4) is 0 Å². The first-order chi connectivity index (χ1) is 10.6. The molecule has 0 aliphatic heterocycles. The topological polar surface area (TPSA) is 70.6 Å². The Balaban J connectivity index is 2.03. The number of amides is 2. The average molecular weight is 300 g/mol. The second kappa shape index (κ2) is 7.47. The maximum Gasteiger partial charge on any atom is 0.319 e. The summed E-state index contributed by atoms with van der Waals surface area (Å²) in [6, 6.07) is 13.9. The summed E-state index contributed by atoms with van der Waals surface area (Å²) in [5, 5.41) is 15.0. The number of carbonyl (C=O) groups is 1. The third-order valence-electron chi connectivity index (χ3n) is 3.37. The smallest absolute Gasteiger partial charge is 0.319 e. The lowest BCUT2D eigenvalue weighted by atomic mass is 10.1. The van der Waals surface area contributed by atoms with Gasteiger partial charge in [0.1, 0.15) is 5.75 Å². The highest BCUT2D eigenvalue weighted by molar-refractivity contribution is 5.90. The fourth-order valence-electron chi connectivity index (χ4n) is 2.14. The Kier molecular flexibility index (Phi) is 5.38. The van der Waals surface area contributed by atoms with E-state index in [1.807, 2.05) is 43.3 Å². The van der Waals surface area contributed by atoms with E-state index in [4.69, 9.17) is 4.74 Å². The van der Waals surface area contributed by atoms with Gasteiger partial charge in [-0.2, -0.15) is 0 Å². The van der Waals surface area contributed by atoms with Gasteiger partial charge in [0.25, 0.3) is 0 Å². The van der Waals surface area contributed by atoms with E-state index >= 15 is 0 Å². The van der Waals surface area contributed by atoms with Crippen LogP contribution in [0.4, 0.5) is 10.5 Å². The van der Waals surface area contributed by atoms with Gasteiger partial charge < -0.3 is 20.5 Å². The van der Waals surface area contributed by atoms with Gasteiger partial charge >= 0.3 is 6.03 Å². The molecular weight excluding hydrogens is 280 g/mol. The lowest BCUT2D eigenvalue weighted by Gasteiger charge is -2.18. The van der Waals surface area contributed by atoms with Gasteiger partial charge in [-0.1, -0.05) is 30.3 Å². The molecule has 0 aliphatic carbocycles. The predicted octanol–water partition coefficient (Wildman–Crippen LogP) is 2.86. The second-order valence-corrected chi connectivity index (χ2v) is 4.93. The number of ether oxygens (including phenoxy) is 1. The third kappa shape index (κ3) is 3.99. The minimum absolute atomic E-state index is 0.168. The lowest BCUT2D eigenvalue weighted by Crippen LogP contribution is -2.34. The summed E-state index contributed by atoms with van der Waals surface area (Å²) in [4.78, 5) is 12.1. The molecule has 2 aromatic carbocycles.